The maximum atomic E-state index is 6.32. The number of H-pyrrole nitrogens is 1. The van der Waals surface area contributed by atoms with Crippen LogP contribution in [0.15, 0.2) is 36.7 Å². The third kappa shape index (κ3) is 2.86. The molecule has 5 rings (SSSR count). The molecule has 0 fully saturated rings. The monoisotopic (exact) mass is 393 g/mol. The fraction of sp³-hybridized carbons (Fsp3) is 0.250. The van der Waals surface area contributed by atoms with E-state index in [4.69, 9.17) is 9.47 Å². The van der Waals surface area contributed by atoms with Gasteiger partial charge < -0.3 is 19.8 Å². The number of fused-ring (bicyclic) bond motifs is 2. The second-order valence-electron chi connectivity index (χ2n) is 6.48. The Labute approximate surface area is 165 Å². The number of hydrogen-bond donors (Lipinski definition) is 2. The summed E-state index contributed by atoms with van der Waals surface area (Å²) in [6.07, 6.45) is 3.62. The number of hydrogen-bond acceptors (Lipinski definition) is 7. The minimum absolute atomic E-state index is 0.164. The van der Waals surface area contributed by atoms with Crippen LogP contribution in [0.3, 0.4) is 0 Å². The number of rotatable bonds is 4. The van der Waals surface area contributed by atoms with Gasteiger partial charge in [-0.15, -0.1) is 11.3 Å². The molecule has 0 saturated carbocycles. The lowest BCUT2D eigenvalue weighted by molar-refractivity contribution is 0.193. The van der Waals surface area contributed by atoms with E-state index in [0.717, 1.165) is 26.4 Å². The second-order valence-corrected chi connectivity index (χ2v) is 7.72. The lowest BCUT2D eigenvalue weighted by Crippen LogP contribution is -2.25. The van der Waals surface area contributed by atoms with Gasteiger partial charge in [0.25, 0.3) is 5.88 Å². The van der Waals surface area contributed by atoms with Crippen LogP contribution in [-0.4, -0.2) is 33.1 Å². The highest BCUT2D eigenvalue weighted by atomic mass is 32.1. The molecular weight excluding hydrogens is 374 g/mol. The van der Waals surface area contributed by atoms with Gasteiger partial charge in [-0.05, 0) is 19.9 Å². The van der Waals surface area contributed by atoms with Crippen molar-refractivity contribution in [1.29, 1.82) is 0 Å². The molecule has 7 nitrogen and oxygen atoms in total. The molecule has 2 N–H and O–H groups in total. The zero-order valence-electron chi connectivity index (χ0n) is 15.5. The second kappa shape index (κ2) is 6.79. The first-order chi connectivity index (χ1) is 13.7. The first-order valence-corrected chi connectivity index (χ1v) is 9.98. The molecule has 1 aliphatic heterocycles. The van der Waals surface area contributed by atoms with Crippen molar-refractivity contribution in [3.8, 4) is 22.3 Å². The quantitative estimate of drug-likeness (QED) is 0.537. The molecule has 0 spiro atoms. The Morgan fingerprint density at radius 2 is 2.18 bits per heavy atom. The van der Waals surface area contributed by atoms with E-state index in [1.54, 1.807) is 17.5 Å². The molecule has 4 aromatic rings. The van der Waals surface area contributed by atoms with Crippen molar-refractivity contribution in [2.24, 2.45) is 0 Å². The van der Waals surface area contributed by atoms with Gasteiger partial charge in [0.05, 0.1) is 23.0 Å². The molecule has 3 aromatic heterocycles. The fourth-order valence-corrected chi connectivity index (χ4v) is 4.08. The Morgan fingerprint density at radius 1 is 1.29 bits per heavy atom. The number of thiazole rings is 1. The number of nitrogens with zero attached hydrogens (tertiary/aromatic N) is 3. The van der Waals surface area contributed by atoms with E-state index < -0.39 is 0 Å². The lowest BCUT2D eigenvalue weighted by Gasteiger charge is -2.27. The zero-order chi connectivity index (χ0) is 19.1. The van der Waals surface area contributed by atoms with E-state index in [1.165, 1.54) is 0 Å². The maximum Gasteiger partial charge on any atom is 0.263 e. The summed E-state index contributed by atoms with van der Waals surface area (Å²) in [5.41, 5.74) is 2.18. The molecule has 0 radical (unpaired) electrons. The van der Waals surface area contributed by atoms with Gasteiger partial charge in [-0.2, -0.15) is 4.98 Å². The molecule has 1 aliphatic rings. The Morgan fingerprint density at radius 3 is 3.00 bits per heavy atom. The Balaban J connectivity index is 1.54. The highest BCUT2D eigenvalue weighted by molar-refractivity contribution is 7.14. The van der Waals surface area contributed by atoms with Crippen molar-refractivity contribution in [2.75, 3.05) is 18.5 Å². The van der Waals surface area contributed by atoms with Crippen molar-refractivity contribution < 1.29 is 9.47 Å². The normalized spacial score (nSPS) is 15.7. The van der Waals surface area contributed by atoms with E-state index in [-0.39, 0.29) is 6.10 Å². The first kappa shape index (κ1) is 17.0. The summed E-state index contributed by atoms with van der Waals surface area (Å²) in [5, 5.41) is 5.51. The molecule has 1 atom stereocenters. The summed E-state index contributed by atoms with van der Waals surface area (Å²) >= 11 is 1.55. The average molecular weight is 393 g/mol. The number of aryl methyl sites for hydroxylation is 1. The van der Waals surface area contributed by atoms with E-state index in [2.05, 4.69) is 37.4 Å². The first-order valence-electron chi connectivity index (χ1n) is 9.17. The number of anilines is 1. The minimum Gasteiger partial charge on any atom is -0.475 e. The minimum atomic E-state index is -0.164. The van der Waals surface area contributed by atoms with Gasteiger partial charge in [0, 0.05) is 28.9 Å². The number of aromatic amines is 1. The number of nitrogens with one attached hydrogen (secondary N) is 2. The topological polar surface area (TPSA) is 85.0 Å². The third-order valence-electron chi connectivity index (χ3n) is 4.64. The van der Waals surface area contributed by atoms with Crippen molar-refractivity contribution in [3.63, 3.8) is 0 Å². The van der Waals surface area contributed by atoms with Gasteiger partial charge in [0.15, 0.2) is 11.6 Å². The Hall–Kier alpha value is -3.13. The highest BCUT2D eigenvalue weighted by Crippen LogP contribution is 2.42. The van der Waals surface area contributed by atoms with Crippen LogP contribution in [0.2, 0.25) is 0 Å². The summed E-state index contributed by atoms with van der Waals surface area (Å²) in [7, 11) is 0. The van der Waals surface area contributed by atoms with Crippen LogP contribution in [-0.2, 0) is 0 Å². The van der Waals surface area contributed by atoms with Crippen molar-refractivity contribution in [1.82, 2.24) is 19.9 Å². The Bertz CT molecular complexity index is 1150. The zero-order valence-corrected chi connectivity index (χ0v) is 16.3. The SMILES string of the molecule is CCOc1nc(-c2cnc(C)s2)nc2c1OC(c1c[nH]c3ccccc13)CN2. The maximum absolute atomic E-state index is 6.32. The molecule has 142 valence electrons. The molecular formula is C20H19N5O2S. The number of para-hydroxylation sites is 1. The molecule has 28 heavy (non-hydrogen) atoms. The van der Waals surface area contributed by atoms with Crippen LogP contribution < -0.4 is 14.8 Å². The molecule has 4 heterocycles. The van der Waals surface area contributed by atoms with Crippen LogP contribution >= 0.6 is 11.3 Å². The van der Waals surface area contributed by atoms with Crippen molar-refractivity contribution in [2.45, 2.75) is 20.0 Å². The van der Waals surface area contributed by atoms with Gasteiger partial charge in [-0.3, -0.25) is 0 Å². The molecule has 8 heteroatoms. The molecule has 0 aliphatic carbocycles. The van der Waals surface area contributed by atoms with Crippen molar-refractivity contribution in [3.05, 3.63) is 47.2 Å². The molecule has 0 amide bonds. The van der Waals surface area contributed by atoms with Crippen LogP contribution in [0.4, 0.5) is 5.82 Å². The summed E-state index contributed by atoms with van der Waals surface area (Å²) in [4.78, 5) is 17.8. The molecule has 0 saturated heterocycles. The number of benzene rings is 1. The van der Waals surface area contributed by atoms with Gasteiger partial charge in [0.1, 0.15) is 6.10 Å². The smallest absolute Gasteiger partial charge is 0.263 e. The summed E-state index contributed by atoms with van der Waals surface area (Å²) in [5.74, 6) is 2.24. The number of aromatic nitrogens is 4. The van der Waals surface area contributed by atoms with E-state index in [1.807, 2.05) is 32.2 Å². The average Bonchev–Trinajstić information content (AvgIpc) is 3.34. The highest BCUT2D eigenvalue weighted by Gasteiger charge is 2.29. The third-order valence-corrected chi connectivity index (χ3v) is 5.55. The van der Waals surface area contributed by atoms with Gasteiger partial charge >= 0.3 is 0 Å². The predicted octanol–water partition coefficient (Wildman–Crippen LogP) is 4.33. The van der Waals surface area contributed by atoms with Crippen molar-refractivity contribution >= 4 is 28.1 Å². The lowest BCUT2D eigenvalue weighted by atomic mass is 10.1. The van der Waals surface area contributed by atoms with E-state index in [9.17, 15) is 0 Å². The molecule has 1 unspecified atom stereocenters. The summed E-state index contributed by atoms with van der Waals surface area (Å²) in [6.45, 7) is 4.99. The van der Waals surface area contributed by atoms with Gasteiger partial charge in [-0.1, -0.05) is 18.2 Å². The van der Waals surface area contributed by atoms with E-state index in [0.29, 0.717) is 36.4 Å². The largest absolute Gasteiger partial charge is 0.475 e. The number of ether oxygens (including phenoxy) is 2. The van der Waals surface area contributed by atoms with Crippen LogP contribution in [0, 0.1) is 6.92 Å². The van der Waals surface area contributed by atoms with Gasteiger partial charge in [-0.25, -0.2) is 9.97 Å². The van der Waals surface area contributed by atoms with Crippen LogP contribution in [0.1, 0.15) is 23.6 Å². The molecule has 0 bridgehead atoms. The van der Waals surface area contributed by atoms with E-state index >= 15 is 0 Å². The summed E-state index contributed by atoms with van der Waals surface area (Å²) in [6, 6.07) is 8.19. The van der Waals surface area contributed by atoms with Gasteiger partial charge in [0.2, 0.25) is 5.75 Å². The Kier molecular flexibility index (Phi) is 4.12. The van der Waals surface area contributed by atoms with Crippen LogP contribution in [0.25, 0.3) is 21.6 Å². The predicted molar refractivity (Wildman–Crippen MR) is 109 cm³/mol. The fourth-order valence-electron chi connectivity index (χ4n) is 3.37. The van der Waals surface area contributed by atoms with Crippen LogP contribution in [0.5, 0.6) is 11.6 Å². The summed E-state index contributed by atoms with van der Waals surface area (Å²) < 4.78 is 12.1. The standard InChI is InChI=1S/C20H19N5O2S/c1-3-26-20-17-19(24-18(25-20)16-10-21-11(2)28-16)23-9-15(27-17)13-8-22-14-7-5-4-6-12(13)14/h4-8,10,15,22H,3,9H2,1-2H3,(H,23,24,25). The molecule has 1 aromatic carbocycles.